The topological polar surface area (TPSA) is 90.6 Å². The SMILES string of the molecule is COc1ccc(C(=O)Nc2sc(Cc3ccccc3)cc2C(N)=O)cc1OCC1=CCCC=C1Cl. The molecule has 8 heteroatoms. The van der Waals surface area contributed by atoms with Crippen LogP contribution in [0.1, 0.15) is 44.0 Å². The maximum atomic E-state index is 13.1. The molecular weight excluding hydrogens is 484 g/mol. The van der Waals surface area contributed by atoms with Gasteiger partial charge in [-0.3, -0.25) is 9.59 Å². The van der Waals surface area contributed by atoms with Crippen LogP contribution in [0.2, 0.25) is 0 Å². The Kier molecular flexibility index (Phi) is 7.90. The van der Waals surface area contributed by atoms with Gasteiger partial charge in [0, 0.05) is 27.5 Å². The summed E-state index contributed by atoms with van der Waals surface area (Å²) in [6, 6.07) is 16.5. The second kappa shape index (κ2) is 11.3. The molecule has 0 aliphatic heterocycles. The van der Waals surface area contributed by atoms with Gasteiger partial charge in [0.2, 0.25) is 0 Å². The van der Waals surface area contributed by atoms with E-state index in [1.165, 1.54) is 18.4 Å². The van der Waals surface area contributed by atoms with Crippen LogP contribution < -0.4 is 20.5 Å². The molecular formula is C27H25ClN2O4S. The number of amides is 2. The molecule has 0 atom stereocenters. The highest BCUT2D eigenvalue weighted by molar-refractivity contribution is 7.16. The number of rotatable bonds is 9. The minimum Gasteiger partial charge on any atom is -0.493 e. The zero-order chi connectivity index (χ0) is 24.8. The van der Waals surface area contributed by atoms with E-state index in [1.54, 1.807) is 24.3 Å². The fourth-order valence-corrected chi connectivity index (χ4v) is 5.02. The Morgan fingerprint density at radius 3 is 2.54 bits per heavy atom. The van der Waals surface area contributed by atoms with Gasteiger partial charge in [0.15, 0.2) is 11.5 Å². The molecule has 0 radical (unpaired) electrons. The Hall–Kier alpha value is -3.55. The average molecular weight is 509 g/mol. The summed E-state index contributed by atoms with van der Waals surface area (Å²) in [6.45, 7) is 0.260. The van der Waals surface area contributed by atoms with Gasteiger partial charge in [-0.25, -0.2) is 0 Å². The number of nitrogens with two attached hydrogens (primary N) is 1. The van der Waals surface area contributed by atoms with Crippen molar-refractivity contribution < 1.29 is 19.1 Å². The second-order valence-electron chi connectivity index (χ2n) is 7.95. The summed E-state index contributed by atoms with van der Waals surface area (Å²) in [5.41, 5.74) is 8.21. The van der Waals surface area contributed by atoms with E-state index in [0.29, 0.717) is 33.5 Å². The van der Waals surface area contributed by atoms with Crippen molar-refractivity contribution in [2.45, 2.75) is 19.3 Å². The quantitative estimate of drug-likeness (QED) is 0.375. The maximum absolute atomic E-state index is 13.1. The van der Waals surface area contributed by atoms with Crippen molar-refractivity contribution in [1.82, 2.24) is 0 Å². The predicted octanol–water partition coefficient (Wildman–Crippen LogP) is 5.92. The monoisotopic (exact) mass is 508 g/mol. The first-order chi connectivity index (χ1) is 16.9. The lowest BCUT2D eigenvalue weighted by molar-refractivity contribution is 0.100. The zero-order valence-corrected chi connectivity index (χ0v) is 20.7. The van der Waals surface area contributed by atoms with E-state index in [1.807, 2.05) is 42.5 Å². The molecule has 3 N–H and O–H groups in total. The lowest BCUT2D eigenvalue weighted by Gasteiger charge is -2.15. The summed E-state index contributed by atoms with van der Waals surface area (Å²) in [5, 5.41) is 3.92. The van der Waals surface area contributed by atoms with Gasteiger partial charge in [-0.2, -0.15) is 0 Å². The van der Waals surface area contributed by atoms with Crippen LogP contribution >= 0.6 is 22.9 Å². The van der Waals surface area contributed by atoms with Gasteiger partial charge < -0.3 is 20.5 Å². The van der Waals surface area contributed by atoms with Gasteiger partial charge in [0.1, 0.15) is 11.6 Å². The first-order valence-electron chi connectivity index (χ1n) is 11.1. The highest BCUT2D eigenvalue weighted by Gasteiger charge is 2.19. The number of hydrogen-bond donors (Lipinski definition) is 2. The summed E-state index contributed by atoms with van der Waals surface area (Å²) in [4.78, 5) is 26.0. The molecule has 0 saturated carbocycles. The van der Waals surface area contributed by atoms with Crippen molar-refractivity contribution in [1.29, 1.82) is 0 Å². The third kappa shape index (κ3) is 6.12. The highest BCUT2D eigenvalue weighted by Crippen LogP contribution is 2.33. The Morgan fingerprint density at radius 1 is 1.06 bits per heavy atom. The molecule has 2 aromatic carbocycles. The molecule has 0 bridgehead atoms. The van der Waals surface area contributed by atoms with Gasteiger partial charge >= 0.3 is 0 Å². The van der Waals surface area contributed by atoms with E-state index in [4.69, 9.17) is 26.8 Å². The van der Waals surface area contributed by atoms with Crippen LogP contribution in [0.4, 0.5) is 5.00 Å². The Balaban J connectivity index is 1.52. The van der Waals surface area contributed by atoms with E-state index >= 15 is 0 Å². The van der Waals surface area contributed by atoms with Gasteiger partial charge in [-0.15, -0.1) is 11.3 Å². The summed E-state index contributed by atoms with van der Waals surface area (Å²) in [5.74, 6) is -0.0671. The number of allylic oxidation sites excluding steroid dienone is 2. The van der Waals surface area contributed by atoms with Crippen LogP contribution in [0.15, 0.2) is 77.4 Å². The third-order valence-electron chi connectivity index (χ3n) is 5.49. The Bertz CT molecular complexity index is 1300. The fourth-order valence-electron chi connectivity index (χ4n) is 3.69. The number of anilines is 1. The molecule has 1 heterocycles. The number of halogens is 1. The molecule has 0 spiro atoms. The number of carbonyl (C=O) groups excluding carboxylic acids is 2. The average Bonchev–Trinajstić information content (AvgIpc) is 3.26. The van der Waals surface area contributed by atoms with E-state index in [2.05, 4.69) is 5.32 Å². The number of thiophene rings is 1. The number of nitrogens with one attached hydrogen (secondary N) is 1. The predicted molar refractivity (Wildman–Crippen MR) is 140 cm³/mol. The van der Waals surface area contributed by atoms with Crippen LogP contribution in [0.25, 0.3) is 0 Å². The van der Waals surface area contributed by atoms with Gasteiger partial charge in [-0.1, -0.05) is 54.1 Å². The smallest absolute Gasteiger partial charge is 0.256 e. The molecule has 0 fully saturated rings. The summed E-state index contributed by atoms with van der Waals surface area (Å²) < 4.78 is 11.3. The number of carbonyl (C=O) groups is 2. The number of methoxy groups -OCH3 is 1. The van der Waals surface area contributed by atoms with E-state index in [-0.39, 0.29) is 18.1 Å². The molecule has 1 aromatic heterocycles. The molecule has 1 aliphatic rings. The molecule has 6 nitrogen and oxygen atoms in total. The van der Waals surface area contributed by atoms with Crippen molar-refractivity contribution in [3.05, 3.63) is 98.9 Å². The number of hydrogen-bond acceptors (Lipinski definition) is 5. The zero-order valence-electron chi connectivity index (χ0n) is 19.2. The van der Waals surface area contributed by atoms with Crippen LogP contribution in [-0.2, 0) is 6.42 Å². The molecule has 0 unspecified atom stereocenters. The molecule has 35 heavy (non-hydrogen) atoms. The third-order valence-corrected chi connectivity index (χ3v) is 6.94. The van der Waals surface area contributed by atoms with Crippen LogP contribution in [0.5, 0.6) is 11.5 Å². The van der Waals surface area contributed by atoms with Crippen molar-refractivity contribution in [2.24, 2.45) is 5.73 Å². The van der Waals surface area contributed by atoms with E-state index < -0.39 is 5.91 Å². The Morgan fingerprint density at radius 2 is 1.83 bits per heavy atom. The van der Waals surface area contributed by atoms with E-state index in [9.17, 15) is 9.59 Å². The summed E-state index contributed by atoms with van der Waals surface area (Å²) >= 11 is 7.60. The summed E-state index contributed by atoms with van der Waals surface area (Å²) in [6.07, 6.45) is 6.45. The van der Waals surface area contributed by atoms with Crippen LogP contribution in [0, 0.1) is 0 Å². The highest BCUT2D eigenvalue weighted by atomic mass is 35.5. The normalized spacial score (nSPS) is 13.0. The molecule has 3 aromatic rings. The molecule has 2 amide bonds. The number of primary amides is 1. The van der Waals surface area contributed by atoms with Crippen molar-refractivity contribution >= 4 is 39.8 Å². The minimum atomic E-state index is -0.597. The first kappa shape index (κ1) is 24.6. The standard InChI is InChI=1S/C27H25ClN2O4S/c1-33-23-12-11-18(14-24(23)34-16-19-9-5-6-10-22(19)28)26(32)30-27-21(25(29)31)15-20(35-27)13-17-7-3-2-4-8-17/h2-4,7-12,14-15H,5-6,13,16H2,1H3,(H2,29,31)(H,30,32). The molecule has 0 saturated heterocycles. The van der Waals surface area contributed by atoms with Crippen molar-refractivity contribution in [3.63, 3.8) is 0 Å². The lowest BCUT2D eigenvalue weighted by atomic mass is 10.1. The second-order valence-corrected chi connectivity index (χ2v) is 9.49. The van der Waals surface area contributed by atoms with Gasteiger partial charge in [0.25, 0.3) is 11.8 Å². The number of benzene rings is 2. The summed E-state index contributed by atoms with van der Waals surface area (Å²) in [7, 11) is 1.54. The molecule has 4 rings (SSSR count). The first-order valence-corrected chi connectivity index (χ1v) is 12.3. The van der Waals surface area contributed by atoms with Crippen LogP contribution in [0.3, 0.4) is 0 Å². The minimum absolute atomic E-state index is 0.260. The Labute approximate surface area is 213 Å². The van der Waals surface area contributed by atoms with Crippen molar-refractivity contribution in [2.75, 3.05) is 19.0 Å². The van der Waals surface area contributed by atoms with E-state index in [0.717, 1.165) is 28.9 Å². The molecule has 180 valence electrons. The number of ether oxygens (including phenoxy) is 2. The molecule has 1 aliphatic carbocycles. The maximum Gasteiger partial charge on any atom is 0.256 e. The van der Waals surface area contributed by atoms with Crippen molar-refractivity contribution in [3.8, 4) is 11.5 Å². The largest absolute Gasteiger partial charge is 0.493 e. The lowest BCUT2D eigenvalue weighted by Crippen LogP contribution is -2.16. The van der Waals surface area contributed by atoms with Gasteiger partial charge in [0.05, 0.1) is 12.7 Å². The van der Waals surface area contributed by atoms with Crippen LogP contribution in [-0.4, -0.2) is 25.5 Å². The van der Waals surface area contributed by atoms with Gasteiger partial charge in [-0.05, 0) is 42.7 Å². The fraction of sp³-hybridized carbons (Fsp3) is 0.185.